The van der Waals surface area contributed by atoms with E-state index < -0.39 is 17.5 Å². The highest BCUT2D eigenvalue weighted by molar-refractivity contribution is 6.06. The van der Waals surface area contributed by atoms with Gasteiger partial charge in [0.2, 0.25) is 0 Å². The summed E-state index contributed by atoms with van der Waals surface area (Å²) in [7, 11) is 1.39. The van der Waals surface area contributed by atoms with Crippen LogP contribution < -0.4 is 15.8 Å². The Bertz CT molecular complexity index is 660. The lowest BCUT2D eigenvalue weighted by Crippen LogP contribution is -2.14. The molecule has 0 bridgehead atoms. The van der Waals surface area contributed by atoms with Crippen LogP contribution in [0, 0.1) is 11.6 Å². The first-order valence-electron chi connectivity index (χ1n) is 5.71. The van der Waals surface area contributed by atoms with E-state index in [1.54, 1.807) is 0 Å². The Hall–Kier alpha value is -2.63. The van der Waals surface area contributed by atoms with E-state index in [4.69, 9.17) is 10.5 Å². The highest BCUT2D eigenvalue weighted by Gasteiger charge is 2.14. The third-order valence-electron chi connectivity index (χ3n) is 2.65. The molecule has 104 valence electrons. The van der Waals surface area contributed by atoms with Gasteiger partial charge in [0.1, 0.15) is 17.4 Å². The van der Waals surface area contributed by atoms with Gasteiger partial charge in [0.25, 0.3) is 5.91 Å². The lowest BCUT2D eigenvalue weighted by atomic mass is 10.1. The Morgan fingerprint density at radius 3 is 2.60 bits per heavy atom. The van der Waals surface area contributed by atoms with Gasteiger partial charge in [0, 0.05) is 17.8 Å². The average Bonchev–Trinajstić information content (AvgIpc) is 2.41. The maximum absolute atomic E-state index is 13.5. The molecule has 0 radical (unpaired) electrons. The molecule has 0 fully saturated rings. The van der Waals surface area contributed by atoms with Crippen molar-refractivity contribution in [3.05, 3.63) is 53.6 Å². The number of anilines is 2. The van der Waals surface area contributed by atoms with Gasteiger partial charge >= 0.3 is 0 Å². The number of methoxy groups -OCH3 is 1. The number of benzene rings is 2. The van der Waals surface area contributed by atoms with Gasteiger partial charge < -0.3 is 15.8 Å². The summed E-state index contributed by atoms with van der Waals surface area (Å²) in [6.45, 7) is 0. The predicted molar refractivity (Wildman–Crippen MR) is 71.7 cm³/mol. The molecule has 0 saturated carbocycles. The molecule has 6 heteroatoms. The van der Waals surface area contributed by atoms with Crippen molar-refractivity contribution in [3.63, 3.8) is 0 Å². The zero-order valence-corrected chi connectivity index (χ0v) is 10.6. The quantitative estimate of drug-likeness (QED) is 0.848. The Labute approximate surface area is 114 Å². The van der Waals surface area contributed by atoms with E-state index in [1.807, 2.05) is 0 Å². The largest absolute Gasteiger partial charge is 0.496 e. The summed E-state index contributed by atoms with van der Waals surface area (Å²) >= 11 is 0. The van der Waals surface area contributed by atoms with Gasteiger partial charge in [-0.1, -0.05) is 0 Å². The van der Waals surface area contributed by atoms with Gasteiger partial charge in [0.05, 0.1) is 18.4 Å². The van der Waals surface area contributed by atoms with Gasteiger partial charge in [-0.3, -0.25) is 4.79 Å². The normalized spacial score (nSPS) is 10.2. The van der Waals surface area contributed by atoms with Crippen LogP contribution in [0.3, 0.4) is 0 Å². The standard InChI is InChI=1S/C14H12F2N2O2/c1-20-13-7-9(17)3-4-10(13)14(19)18-12-5-2-8(15)6-11(12)16/h2-7H,17H2,1H3,(H,18,19). The lowest BCUT2D eigenvalue weighted by molar-refractivity contribution is 0.102. The van der Waals surface area contributed by atoms with E-state index in [-0.39, 0.29) is 17.0 Å². The van der Waals surface area contributed by atoms with Gasteiger partial charge in [-0.05, 0) is 24.3 Å². The van der Waals surface area contributed by atoms with E-state index in [1.165, 1.54) is 25.3 Å². The number of rotatable bonds is 3. The van der Waals surface area contributed by atoms with E-state index in [0.717, 1.165) is 12.1 Å². The first-order valence-corrected chi connectivity index (χ1v) is 5.71. The lowest BCUT2D eigenvalue weighted by Gasteiger charge is -2.10. The van der Waals surface area contributed by atoms with E-state index in [9.17, 15) is 13.6 Å². The van der Waals surface area contributed by atoms with E-state index in [2.05, 4.69) is 5.32 Å². The number of ether oxygens (including phenoxy) is 1. The van der Waals surface area contributed by atoms with Crippen LogP contribution in [0.2, 0.25) is 0 Å². The maximum atomic E-state index is 13.5. The molecule has 0 aliphatic carbocycles. The molecule has 4 nitrogen and oxygen atoms in total. The Morgan fingerprint density at radius 1 is 1.20 bits per heavy atom. The number of hydrogen-bond acceptors (Lipinski definition) is 3. The molecule has 1 amide bonds. The van der Waals surface area contributed by atoms with Crippen molar-refractivity contribution in [2.45, 2.75) is 0 Å². The zero-order valence-electron chi connectivity index (χ0n) is 10.6. The first-order chi connectivity index (χ1) is 9.51. The Morgan fingerprint density at radius 2 is 1.95 bits per heavy atom. The minimum atomic E-state index is -0.854. The molecule has 0 aliphatic rings. The zero-order chi connectivity index (χ0) is 14.7. The number of halogens is 2. The first kappa shape index (κ1) is 13.8. The average molecular weight is 278 g/mol. The Balaban J connectivity index is 2.28. The number of amides is 1. The van der Waals surface area contributed by atoms with Crippen LogP contribution in [0.4, 0.5) is 20.2 Å². The molecule has 0 spiro atoms. The SMILES string of the molecule is COc1cc(N)ccc1C(=O)Nc1ccc(F)cc1F. The summed E-state index contributed by atoms with van der Waals surface area (Å²) in [5.74, 6) is -1.88. The second-order valence-electron chi connectivity index (χ2n) is 4.04. The molecule has 0 saturated heterocycles. The molecule has 2 aromatic carbocycles. The second kappa shape index (κ2) is 5.56. The van der Waals surface area contributed by atoms with Gasteiger partial charge in [0.15, 0.2) is 0 Å². The van der Waals surface area contributed by atoms with Crippen molar-refractivity contribution in [3.8, 4) is 5.75 Å². The molecular weight excluding hydrogens is 266 g/mol. The topological polar surface area (TPSA) is 64.3 Å². The van der Waals surface area contributed by atoms with Crippen molar-refractivity contribution in [2.24, 2.45) is 0 Å². The minimum absolute atomic E-state index is 0.115. The number of hydrogen-bond donors (Lipinski definition) is 2. The Kier molecular flexibility index (Phi) is 3.84. The van der Waals surface area contributed by atoms with Crippen LogP contribution in [-0.2, 0) is 0 Å². The van der Waals surface area contributed by atoms with Crippen molar-refractivity contribution in [1.29, 1.82) is 0 Å². The number of nitrogen functional groups attached to an aromatic ring is 1. The second-order valence-corrected chi connectivity index (χ2v) is 4.04. The predicted octanol–water partition coefficient (Wildman–Crippen LogP) is 2.81. The van der Waals surface area contributed by atoms with E-state index in [0.29, 0.717) is 11.8 Å². The highest BCUT2D eigenvalue weighted by atomic mass is 19.1. The molecule has 0 heterocycles. The molecule has 0 aromatic heterocycles. The number of carbonyl (C=O) groups is 1. The van der Waals surface area contributed by atoms with Crippen molar-refractivity contribution in [2.75, 3.05) is 18.2 Å². The maximum Gasteiger partial charge on any atom is 0.259 e. The number of nitrogens with two attached hydrogens (primary N) is 1. The van der Waals surface area contributed by atoms with Crippen molar-refractivity contribution in [1.82, 2.24) is 0 Å². The molecule has 2 aromatic rings. The third-order valence-corrected chi connectivity index (χ3v) is 2.65. The fourth-order valence-electron chi connectivity index (χ4n) is 1.68. The van der Waals surface area contributed by atoms with Crippen LogP contribution in [0.5, 0.6) is 5.75 Å². The fourth-order valence-corrected chi connectivity index (χ4v) is 1.68. The third kappa shape index (κ3) is 2.85. The summed E-state index contributed by atoms with van der Waals surface area (Å²) in [4.78, 5) is 12.0. The summed E-state index contributed by atoms with van der Waals surface area (Å²) in [6.07, 6.45) is 0. The molecule has 20 heavy (non-hydrogen) atoms. The monoisotopic (exact) mass is 278 g/mol. The molecule has 0 unspecified atom stereocenters. The molecular formula is C14H12F2N2O2. The molecule has 2 rings (SSSR count). The number of carbonyl (C=O) groups excluding carboxylic acids is 1. The van der Waals surface area contributed by atoms with Crippen molar-refractivity contribution < 1.29 is 18.3 Å². The van der Waals surface area contributed by atoms with Crippen LogP contribution in [0.15, 0.2) is 36.4 Å². The minimum Gasteiger partial charge on any atom is -0.496 e. The van der Waals surface area contributed by atoms with Crippen LogP contribution >= 0.6 is 0 Å². The van der Waals surface area contributed by atoms with Gasteiger partial charge in [-0.25, -0.2) is 8.78 Å². The molecule has 3 N–H and O–H groups in total. The smallest absolute Gasteiger partial charge is 0.259 e. The summed E-state index contributed by atoms with van der Waals surface area (Å²) in [5, 5.41) is 2.35. The van der Waals surface area contributed by atoms with Crippen LogP contribution in [0.1, 0.15) is 10.4 Å². The molecule has 0 atom stereocenters. The van der Waals surface area contributed by atoms with Crippen LogP contribution in [-0.4, -0.2) is 13.0 Å². The van der Waals surface area contributed by atoms with Crippen LogP contribution in [0.25, 0.3) is 0 Å². The van der Waals surface area contributed by atoms with Gasteiger partial charge in [-0.2, -0.15) is 0 Å². The fraction of sp³-hybridized carbons (Fsp3) is 0.0714. The van der Waals surface area contributed by atoms with Crippen molar-refractivity contribution >= 4 is 17.3 Å². The number of nitrogens with one attached hydrogen (secondary N) is 1. The van der Waals surface area contributed by atoms with E-state index >= 15 is 0 Å². The molecule has 0 aliphatic heterocycles. The summed E-state index contributed by atoms with van der Waals surface area (Å²) in [6, 6.07) is 7.36. The summed E-state index contributed by atoms with van der Waals surface area (Å²) in [5.41, 5.74) is 6.10. The highest BCUT2D eigenvalue weighted by Crippen LogP contribution is 2.23. The van der Waals surface area contributed by atoms with Gasteiger partial charge in [-0.15, -0.1) is 0 Å². The summed E-state index contributed by atoms with van der Waals surface area (Å²) < 4.78 is 31.3.